The molecule has 0 saturated carbocycles. The van der Waals surface area contributed by atoms with Crippen molar-refractivity contribution in [3.8, 4) is 0 Å². The Balaban J connectivity index is 1.42. The summed E-state index contributed by atoms with van der Waals surface area (Å²) >= 11 is 11.8. The fourth-order valence-electron chi connectivity index (χ4n) is 3.37. The van der Waals surface area contributed by atoms with Gasteiger partial charge in [0.05, 0.1) is 0 Å². The summed E-state index contributed by atoms with van der Waals surface area (Å²) in [6.07, 6.45) is 0. The molecule has 3 aromatic rings. The molecule has 132 valence electrons. The van der Waals surface area contributed by atoms with E-state index in [9.17, 15) is 0 Å². The van der Waals surface area contributed by atoms with E-state index in [1.54, 1.807) is 0 Å². The summed E-state index contributed by atoms with van der Waals surface area (Å²) in [6, 6.07) is 22.6. The van der Waals surface area contributed by atoms with E-state index in [-0.39, 0.29) is 0 Å². The Morgan fingerprint density at radius 3 is 2.42 bits per heavy atom. The van der Waals surface area contributed by atoms with Crippen LogP contribution in [-0.2, 0) is 0 Å². The number of piperazine rings is 1. The first-order chi connectivity index (χ1) is 12.7. The van der Waals surface area contributed by atoms with Gasteiger partial charge in [0.25, 0.3) is 0 Å². The lowest BCUT2D eigenvalue weighted by molar-refractivity contribution is 0.391. The molecule has 3 aromatic carbocycles. The van der Waals surface area contributed by atoms with Crippen molar-refractivity contribution in [2.24, 2.45) is 0 Å². The number of nitrogens with one attached hydrogen (secondary N) is 1. The summed E-state index contributed by atoms with van der Waals surface area (Å²) in [6.45, 7) is 3.64. The van der Waals surface area contributed by atoms with E-state index in [0.717, 1.165) is 42.0 Å². The topological polar surface area (TPSA) is 18.5 Å². The molecule has 1 heterocycles. The van der Waals surface area contributed by atoms with Gasteiger partial charge in [-0.1, -0.05) is 54.1 Å². The van der Waals surface area contributed by atoms with Gasteiger partial charge in [0.1, 0.15) is 0 Å². The second kappa shape index (κ2) is 7.52. The predicted octanol–water partition coefficient (Wildman–Crippen LogP) is 5.01. The van der Waals surface area contributed by atoms with Gasteiger partial charge in [-0.3, -0.25) is 0 Å². The summed E-state index contributed by atoms with van der Waals surface area (Å²) in [4.78, 5) is 4.58. The number of hydrogen-bond acceptors (Lipinski definition) is 2. The van der Waals surface area contributed by atoms with E-state index in [0.29, 0.717) is 0 Å². The first-order valence-corrected chi connectivity index (χ1v) is 9.53. The maximum absolute atomic E-state index is 6.11. The largest absolute Gasteiger partial charge is 0.368 e. The molecule has 0 bridgehead atoms. The molecule has 0 atom stereocenters. The maximum atomic E-state index is 6.11. The third-order valence-electron chi connectivity index (χ3n) is 4.77. The molecule has 1 aliphatic rings. The Labute approximate surface area is 164 Å². The van der Waals surface area contributed by atoms with Crippen LogP contribution in [-0.4, -0.2) is 36.2 Å². The average molecular weight is 382 g/mol. The Morgan fingerprint density at radius 2 is 1.62 bits per heavy atom. The molecule has 1 saturated heterocycles. The zero-order chi connectivity index (χ0) is 17.9. The van der Waals surface area contributed by atoms with Crippen LogP contribution in [0.2, 0.25) is 5.02 Å². The van der Waals surface area contributed by atoms with Gasteiger partial charge in [0.2, 0.25) is 0 Å². The van der Waals surface area contributed by atoms with Gasteiger partial charge in [-0.05, 0) is 41.9 Å². The number of anilines is 2. The van der Waals surface area contributed by atoms with Crippen LogP contribution >= 0.6 is 23.8 Å². The van der Waals surface area contributed by atoms with E-state index in [4.69, 9.17) is 23.8 Å². The number of benzene rings is 3. The number of thiocarbonyl (C=S) groups is 1. The van der Waals surface area contributed by atoms with Crippen LogP contribution < -0.4 is 10.2 Å². The molecule has 3 nitrogen and oxygen atoms in total. The van der Waals surface area contributed by atoms with Crippen LogP contribution in [0.15, 0.2) is 66.7 Å². The minimum absolute atomic E-state index is 0.776. The van der Waals surface area contributed by atoms with Crippen LogP contribution in [0.4, 0.5) is 11.4 Å². The SMILES string of the molecule is S=C(Nc1cccc2ccccc12)N1CCN(c2cccc(Cl)c2)CC1. The van der Waals surface area contributed by atoms with Crippen LogP contribution in [0.1, 0.15) is 0 Å². The average Bonchev–Trinajstić information content (AvgIpc) is 2.68. The number of nitrogens with zero attached hydrogens (tertiary/aromatic N) is 2. The molecule has 4 rings (SSSR count). The minimum Gasteiger partial charge on any atom is -0.368 e. The molecule has 1 fully saturated rings. The van der Waals surface area contributed by atoms with E-state index in [1.807, 2.05) is 18.2 Å². The van der Waals surface area contributed by atoms with Crippen LogP contribution in [0.3, 0.4) is 0 Å². The van der Waals surface area contributed by atoms with Crippen LogP contribution in [0.25, 0.3) is 10.8 Å². The van der Waals surface area contributed by atoms with Gasteiger partial charge >= 0.3 is 0 Å². The summed E-state index contributed by atoms with van der Waals surface area (Å²) in [5.41, 5.74) is 2.23. The number of halogens is 1. The molecule has 5 heteroatoms. The zero-order valence-corrected chi connectivity index (χ0v) is 15.9. The van der Waals surface area contributed by atoms with Gasteiger partial charge in [0.15, 0.2) is 5.11 Å². The third-order valence-corrected chi connectivity index (χ3v) is 5.37. The molecule has 0 aliphatic carbocycles. The fourth-order valence-corrected chi connectivity index (χ4v) is 3.85. The smallest absolute Gasteiger partial charge is 0.173 e. The fraction of sp³-hybridized carbons (Fsp3) is 0.190. The van der Waals surface area contributed by atoms with Crippen molar-refractivity contribution in [3.05, 3.63) is 71.8 Å². The summed E-state index contributed by atoms with van der Waals surface area (Å²) in [5, 5.41) is 7.40. The number of rotatable bonds is 2. The highest BCUT2D eigenvalue weighted by Crippen LogP contribution is 2.24. The van der Waals surface area contributed by atoms with Gasteiger partial charge in [-0.15, -0.1) is 0 Å². The molecule has 0 spiro atoms. The predicted molar refractivity (Wildman–Crippen MR) is 115 cm³/mol. The van der Waals surface area contributed by atoms with Crippen molar-refractivity contribution in [3.63, 3.8) is 0 Å². The first-order valence-electron chi connectivity index (χ1n) is 8.75. The Morgan fingerprint density at radius 1 is 0.885 bits per heavy atom. The summed E-state index contributed by atoms with van der Waals surface area (Å²) < 4.78 is 0. The van der Waals surface area contributed by atoms with Gasteiger partial charge < -0.3 is 15.1 Å². The highest BCUT2D eigenvalue weighted by Gasteiger charge is 2.19. The number of fused-ring (bicyclic) bond motifs is 1. The maximum Gasteiger partial charge on any atom is 0.173 e. The van der Waals surface area contributed by atoms with Crippen molar-refractivity contribution >= 4 is 51.1 Å². The zero-order valence-electron chi connectivity index (χ0n) is 14.4. The molecule has 0 aromatic heterocycles. The monoisotopic (exact) mass is 381 g/mol. The second-order valence-electron chi connectivity index (χ2n) is 6.41. The molecule has 0 amide bonds. The molecule has 0 unspecified atom stereocenters. The normalized spacial score (nSPS) is 14.5. The standard InChI is InChI=1S/C21H20ClN3S/c22-17-7-4-8-18(15-17)24-11-13-25(14-12-24)21(26)23-20-10-3-6-16-5-1-2-9-19(16)20/h1-10,15H,11-14H2,(H,23,26). The molecular weight excluding hydrogens is 362 g/mol. The quantitative estimate of drug-likeness (QED) is 0.628. The third kappa shape index (κ3) is 3.62. The van der Waals surface area contributed by atoms with E-state index in [2.05, 4.69) is 63.6 Å². The molecule has 1 aliphatic heterocycles. The Hall–Kier alpha value is -2.30. The highest BCUT2D eigenvalue weighted by molar-refractivity contribution is 7.80. The van der Waals surface area contributed by atoms with Crippen LogP contribution in [0, 0.1) is 0 Å². The second-order valence-corrected chi connectivity index (χ2v) is 7.23. The lowest BCUT2D eigenvalue weighted by Gasteiger charge is -2.37. The number of hydrogen-bond donors (Lipinski definition) is 1. The Kier molecular flexibility index (Phi) is 4.96. The first kappa shape index (κ1) is 17.1. The van der Waals surface area contributed by atoms with Gasteiger partial charge in [0, 0.05) is 48.0 Å². The van der Waals surface area contributed by atoms with Crippen molar-refractivity contribution in [2.75, 3.05) is 36.4 Å². The summed E-state index contributed by atoms with van der Waals surface area (Å²) in [5.74, 6) is 0. The van der Waals surface area contributed by atoms with Crippen LogP contribution in [0.5, 0.6) is 0 Å². The lowest BCUT2D eigenvalue weighted by Crippen LogP contribution is -2.50. The molecule has 26 heavy (non-hydrogen) atoms. The highest BCUT2D eigenvalue weighted by atomic mass is 35.5. The van der Waals surface area contributed by atoms with E-state index in [1.165, 1.54) is 16.5 Å². The van der Waals surface area contributed by atoms with E-state index < -0.39 is 0 Å². The van der Waals surface area contributed by atoms with Crippen molar-refractivity contribution in [2.45, 2.75) is 0 Å². The van der Waals surface area contributed by atoms with Crippen molar-refractivity contribution < 1.29 is 0 Å². The summed E-state index contributed by atoms with van der Waals surface area (Å²) in [7, 11) is 0. The van der Waals surface area contributed by atoms with Gasteiger partial charge in [-0.25, -0.2) is 0 Å². The van der Waals surface area contributed by atoms with Gasteiger partial charge in [-0.2, -0.15) is 0 Å². The minimum atomic E-state index is 0.776. The molecular formula is C21H20ClN3S. The molecule has 0 radical (unpaired) electrons. The van der Waals surface area contributed by atoms with Crippen molar-refractivity contribution in [1.82, 2.24) is 4.90 Å². The Bertz CT molecular complexity index is 930. The van der Waals surface area contributed by atoms with Crippen molar-refractivity contribution in [1.29, 1.82) is 0 Å². The lowest BCUT2D eigenvalue weighted by atomic mass is 10.1. The van der Waals surface area contributed by atoms with E-state index >= 15 is 0 Å². The molecule has 1 N–H and O–H groups in total.